The van der Waals surface area contributed by atoms with Crippen LogP contribution in [0.2, 0.25) is 0 Å². The van der Waals surface area contributed by atoms with Crippen LogP contribution in [0.4, 0.5) is 0 Å². The fraction of sp³-hybridized carbons (Fsp3) is 0.500. The molecule has 142 valence electrons. The van der Waals surface area contributed by atoms with Gasteiger partial charge in [0, 0.05) is 37.7 Å². The van der Waals surface area contributed by atoms with Crippen LogP contribution in [0.3, 0.4) is 0 Å². The number of benzene rings is 1. The maximum atomic E-state index is 12.3. The molecule has 0 bridgehead atoms. The Bertz CT molecular complexity index is 653. The normalized spacial score (nSPS) is 16.7. The van der Waals surface area contributed by atoms with Gasteiger partial charge in [0.2, 0.25) is 5.91 Å². The number of carboxylic acids is 1. The van der Waals surface area contributed by atoms with Crippen LogP contribution in [0.15, 0.2) is 18.2 Å². The van der Waals surface area contributed by atoms with E-state index in [1.54, 1.807) is 23.1 Å². The first-order chi connectivity index (χ1) is 12.4. The third-order valence-electron chi connectivity index (χ3n) is 4.36. The standard InChI is InChI=1S/C18H24N2O6/c1-25-14-8-13(9-15(10-14)26-2)17(22)19-6-5-16(21)20-7-3-4-12(11-20)18(23)24/h8-10,12H,3-7,11H2,1-2H3,(H,19,22)(H,23,24)/t12-/m1/s1. The van der Waals surface area contributed by atoms with Crippen LogP contribution < -0.4 is 14.8 Å². The summed E-state index contributed by atoms with van der Waals surface area (Å²) in [5, 5.41) is 11.8. The predicted molar refractivity (Wildman–Crippen MR) is 93.4 cm³/mol. The second-order valence-electron chi connectivity index (χ2n) is 6.12. The molecule has 0 radical (unpaired) electrons. The highest BCUT2D eigenvalue weighted by molar-refractivity contribution is 5.95. The minimum atomic E-state index is -0.872. The zero-order valence-electron chi connectivity index (χ0n) is 15.0. The summed E-state index contributed by atoms with van der Waals surface area (Å²) in [5.41, 5.74) is 0.373. The lowest BCUT2D eigenvalue weighted by atomic mass is 9.98. The lowest BCUT2D eigenvalue weighted by Crippen LogP contribution is -2.43. The number of carboxylic acid groups (broad SMARTS) is 1. The second kappa shape index (κ2) is 9.07. The average molecular weight is 364 g/mol. The van der Waals surface area contributed by atoms with E-state index >= 15 is 0 Å². The van der Waals surface area contributed by atoms with E-state index in [4.69, 9.17) is 14.6 Å². The highest BCUT2D eigenvalue weighted by atomic mass is 16.5. The molecule has 8 nitrogen and oxygen atoms in total. The average Bonchev–Trinajstić information content (AvgIpc) is 2.67. The lowest BCUT2D eigenvalue weighted by molar-refractivity contribution is -0.145. The van der Waals surface area contributed by atoms with E-state index in [-0.39, 0.29) is 31.3 Å². The Kier molecular flexibility index (Phi) is 6.82. The second-order valence-corrected chi connectivity index (χ2v) is 6.12. The molecule has 2 rings (SSSR count). The third kappa shape index (κ3) is 5.11. The number of carbonyl (C=O) groups excluding carboxylic acids is 2. The molecule has 1 fully saturated rings. The van der Waals surface area contributed by atoms with Gasteiger partial charge >= 0.3 is 5.97 Å². The SMILES string of the molecule is COc1cc(OC)cc(C(=O)NCCC(=O)N2CCC[C@@H](C(=O)O)C2)c1. The fourth-order valence-corrected chi connectivity index (χ4v) is 2.89. The van der Waals surface area contributed by atoms with Gasteiger partial charge in [0.15, 0.2) is 0 Å². The third-order valence-corrected chi connectivity index (χ3v) is 4.36. The Morgan fingerprint density at radius 3 is 2.42 bits per heavy atom. The van der Waals surface area contributed by atoms with E-state index in [9.17, 15) is 14.4 Å². The van der Waals surface area contributed by atoms with Crippen molar-refractivity contribution in [2.45, 2.75) is 19.3 Å². The number of piperidine rings is 1. The molecule has 0 spiro atoms. The summed E-state index contributed by atoms with van der Waals surface area (Å²) in [4.78, 5) is 37.1. The summed E-state index contributed by atoms with van der Waals surface area (Å²) in [6.45, 7) is 0.963. The molecule has 1 aliphatic heterocycles. The molecule has 1 aromatic rings. The summed E-state index contributed by atoms with van der Waals surface area (Å²) < 4.78 is 10.3. The number of rotatable bonds is 7. The van der Waals surface area contributed by atoms with Gasteiger partial charge in [-0.1, -0.05) is 0 Å². The van der Waals surface area contributed by atoms with Crippen molar-refractivity contribution in [3.8, 4) is 11.5 Å². The van der Waals surface area contributed by atoms with E-state index in [0.29, 0.717) is 36.4 Å². The van der Waals surface area contributed by atoms with Crippen molar-refractivity contribution in [2.24, 2.45) is 5.92 Å². The Balaban J connectivity index is 1.86. The van der Waals surface area contributed by atoms with Crippen molar-refractivity contribution in [1.82, 2.24) is 10.2 Å². The monoisotopic (exact) mass is 364 g/mol. The number of ether oxygens (including phenoxy) is 2. The van der Waals surface area contributed by atoms with Gasteiger partial charge in [-0.05, 0) is 25.0 Å². The number of carbonyl (C=O) groups is 3. The van der Waals surface area contributed by atoms with Crippen LogP contribution in [0.5, 0.6) is 11.5 Å². The van der Waals surface area contributed by atoms with Crippen LogP contribution in [0.1, 0.15) is 29.6 Å². The van der Waals surface area contributed by atoms with Crippen LogP contribution in [0, 0.1) is 5.92 Å². The van der Waals surface area contributed by atoms with E-state index < -0.39 is 11.9 Å². The van der Waals surface area contributed by atoms with Gasteiger partial charge in [-0.25, -0.2) is 0 Å². The van der Waals surface area contributed by atoms with Crippen molar-refractivity contribution in [1.29, 1.82) is 0 Å². The predicted octanol–water partition coefficient (Wildman–Crippen LogP) is 1.15. The minimum Gasteiger partial charge on any atom is -0.497 e. The number of hydrogen-bond acceptors (Lipinski definition) is 5. The van der Waals surface area contributed by atoms with Crippen molar-refractivity contribution >= 4 is 17.8 Å². The smallest absolute Gasteiger partial charge is 0.308 e. The molecule has 0 saturated carbocycles. The molecule has 1 atom stereocenters. The minimum absolute atomic E-state index is 0.124. The fourth-order valence-electron chi connectivity index (χ4n) is 2.89. The molecule has 0 aromatic heterocycles. The Hall–Kier alpha value is -2.77. The van der Waals surface area contributed by atoms with Gasteiger partial charge in [-0.2, -0.15) is 0 Å². The molecule has 0 aliphatic carbocycles. The zero-order valence-corrected chi connectivity index (χ0v) is 15.0. The molecule has 26 heavy (non-hydrogen) atoms. The van der Waals surface area contributed by atoms with Crippen LogP contribution in [-0.4, -0.2) is 61.6 Å². The summed E-state index contributed by atoms with van der Waals surface area (Å²) in [6.07, 6.45) is 1.39. The highest BCUT2D eigenvalue weighted by Crippen LogP contribution is 2.22. The maximum Gasteiger partial charge on any atom is 0.308 e. The molecular formula is C18H24N2O6. The van der Waals surface area contributed by atoms with Crippen molar-refractivity contribution in [2.75, 3.05) is 33.9 Å². The first-order valence-corrected chi connectivity index (χ1v) is 8.46. The number of methoxy groups -OCH3 is 2. The first-order valence-electron chi connectivity index (χ1n) is 8.46. The topological polar surface area (TPSA) is 105 Å². The van der Waals surface area contributed by atoms with E-state index in [1.807, 2.05) is 0 Å². The Morgan fingerprint density at radius 2 is 1.85 bits per heavy atom. The number of likely N-dealkylation sites (tertiary alicyclic amines) is 1. The van der Waals surface area contributed by atoms with E-state index in [2.05, 4.69) is 5.32 Å². The Labute approximate surface area is 152 Å². The zero-order chi connectivity index (χ0) is 19.1. The van der Waals surface area contributed by atoms with Crippen LogP contribution in [-0.2, 0) is 9.59 Å². The molecule has 0 unspecified atom stereocenters. The molecule has 8 heteroatoms. The van der Waals surface area contributed by atoms with Gasteiger partial charge < -0.3 is 24.8 Å². The molecule has 1 saturated heterocycles. The molecule has 1 heterocycles. The quantitative estimate of drug-likeness (QED) is 0.752. The number of aliphatic carboxylic acids is 1. The van der Waals surface area contributed by atoms with Gasteiger partial charge in [0.05, 0.1) is 20.1 Å². The molecule has 1 aromatic carbocycles. The highest BCUT2D eigenvalue weighted by Gasteiger charge is 2.27. The summed E-state index contributed by atoms with van der Waals surface area (Å²) in [5.74, 6) is -0.872. The number of amides is 2. The summed E-state index contributed by atoms with van der Waals surface area (Å²) in [7, 11) is 3.00. The van der Waals surface area contributed by atoms with Gasteiger partial charge in [0.25, 0.3) is 5.91 Å². The van der Waals surface area contributed by atoms with Crippen molar-refractivity contribution in [3.63, 3.8) is 0 Å². The van der Waals surface area contributed by atoms with Gasteiger partial charge in [0.1, 0.15) is 11.5 Å². The van der Waals surface area contributed by atoms with Crippen molar-refractivity contribution < 1.29 is 29.0 Å². The van der Waals surface area contributed by atoms with Gasteiger partial charge in [-0.15, -0.1) is 0 Å². The Morgan fingerprint density at radius 1 is 1.19 bits per heavy atom. The van der Waals surface area contributed by atoms with Crippen molar-refractivity contribution in [3.05, 3.63) is 23.8 Å². The first kappa shape index (κ1) is 19.6. The largest absolute Gasteiger partial charge is 0.497 e. The number of nitrogens with one attached hydrogen (secondary N) is 1. The van der Waals surface area contributed by atoms with Gasteiger partial charge in [-0.3, -0.25) is 14.4 Å². The van der Waals surface area contributed by atoms with Crippen LogP contribution >= 0.6 is 0 Å². The van der Waals surface area contributed by atoms with E-state index in [1.165, 1.54) is 14.2 Å². The van der Waals surface area contributed by atoms with Crippen LogP contribution in [0.25, 0.3) is 0 Å². The summed E-state index contributed by atoms with van der Waals surface area (Å²) >= 11 is 0. The molecule has 2 amide bonds. The molecular weight excluding hydrogens is 340 g/mol. The molecule has 1 aliphatic rings. The molecule has 2 N–H and O–H groups in total. The number of hydrogen-bond donors (Lipinski definition) is 2. The number of nitrogens with zero attached hydrogens (tertiary/aromatic N) is 1. The lowest BCUT2D eigenvalue weighted by Gasteiger charge is -2.30. The summed E-state index contributed by atoms with van der Waals surface area (Å²) in [6, 6.07) is 4.83. The van der Waals surface area contributed by atoms with E-state index in [0.717, 1.165) is 0 Å². The maximum absolute atomic E-state index is 12.3.